The predicted molar refractivity (Wildman–Crippen MR) is 104 cm³/mol. The van der Waals surface area contributed by atoms with Crippen LogP contribution in [0.4, 0.5) is 0 Å². The van der Waals surface area contributed by atoms with Crippen LogP contribution in [0.15, 0.2) is 65.2 Å². The van der Waals surface area contributed by atoms with Gasteiger partial charge in [-0.05, 0) is 11.6 Å². The number of ether oxygens (including phenoxy) is 1. The van der Waals surface area contributed by atoms with Crippen molar-refractivity contribution in [2.45, 2.75) is 12.1 Å². The summed E-state index contributed by atoms with van der Waals surface area (Å²) in [4.78, 5) is 14.8. The Balaban J connectivity index is 1.67. The standard InChI is InChI=1S/C21H19ClN2O4/c22-16-9-5-4-8-15(16)20-19(13-25)27-11-10-24(20)21(26)18-12-17(23-28-18)14-6-2-1-3-7-14/h1-9,12,19-20,25H,10-11,13H2/t19-,20-/m0/s1. The van der Waals surface area contributed by atoms with Crippen molar-refractivity contribution in [1.82, 2.24) is 10.1 Å². The van der Waals surface area contributed by atoms with Gasteiger partial charge in [0.25, 0.3) is 5.91 Å². The fourth-order valence-corrected chi connectivity index (χ4v) is 3.71. The lowest BCUT2D eigenvalue weighted by Gasteiger charge is -2.40. The van der Waals surface area contributed by atoms with Crippen LogP contribution in [0, 0.1) is 0 Å². The average Bonchev–Trinajstić information content (AvgIpc) is 3.24. The molecule has 6 nitrogen and oxygen atoms in total. The Morgan fingerprint density at radius 3 is 2.68 bits per heavy atom. The molecule has 1 aromatic heterocycles. The number of amides is 1. The Hall–Kier alpha value is -2.67. The van der Waals surface area contributed by atoms with Gasteiger partial charge in [-0.3, -0.25) is 4.79 Å². The van der Waals surface area contributed by atoms with Gasteiger partial charge in [-0.15, -0.1) is 0 Å². The van der Waals surface area contributed by atoms with Gasteiger partial charge in [0.1, 0.15) is 11.8 Å². The summed E-state index contributed by atoms with van der Waals surface area (Å²) in [5.41, 5.74) is 2.17. The number of carbonyl (C=O) groups excluding carboxylic acids is 1. The summed E-state index contributed by atoms with van der Waals surface area (Å²) in [5.74, 6) is -0.184. The first-order valence-electron chi connectivity index (χ1n) is 8.99. The normalized spacial score (nSPS) is 19.6. The first-order valence-corrected chi connectivity index (χ1v) is 9.37. The van der Waals surface area contributed by atoms with Gasteiger partial charge in [-0.1, -0.05) is 65.3 Å². The number of halogens is 1. The molecule has 0 radical (unpaired) electrons. The maximum Gasteiger partial charge on any atom is 0.293 e. The zero-order valence-corrected chi connectivity index (χ0v) is 15.7. The van der Waals surface area contributed by atoms with Gasteiger partial charge in [0.05, 0.1) is 19.3 Å². The van der Waals surface area contributed by atoms with Crippen molar-refractivity contribution in [3.05, 3.63) is 77.0 Å². The van der Waals surface area contributed by atoms with Crippen molar-refractivity contribution in [2.24, 2.45) is 0 Å². The van der Waals surface area contributed by atoms with E-state index in [2.05, 4.69) is 5.16 Å². The molecular weight excluding hydrogens is 380 g/mol. The van der Waals surface area contributed by atoms with E-state index in [1.54, 1.807) is 17.0 Å². The third-order valence-corrected chi connectivity index (χ3v) is 5.15. The van der Waals surface area contributed by atoms with E-state index >= 15 is 0 Å². The van der Waals surface area contributed by atoms with Gasteiger partial charge in [0, 0.05) is 23.2 Å². The number of benzene rings is 2. The average molecular weight is 399 g/mol. The van der Waals surface area contributed by atoms with Crippen molar-refractivity contribution in [1.29, 1.82) is 0 Å². The van der Waals surface area contributed by atoms with E-state index in [1.807, 2.05) is 48.5 Å². The van der Waals surface area contributed by atoms with Gasteiger partial charge >= 0.3 is 0 Å². The zero-order chi connectivity index (χ0) is 19.5. The van der Waals surface area contributed by atoms with Crippen LogP contribution in [0.1, 0.15) is 22.2 Å². The van der Waals surface area contributed by atoms with E-state index in [1.165, 1.54) is 0 Å². The molecule has 3 aromatic rings. The van der Waals surface area contributed by atoms with Gasteiger partial charge < -0.3 is 19.3 Å². The smallest absolute Gasteiger partial charge is 0.293 e. The SMILES string of the molecule is O=C(c1cc(-c2ccccc2)no1)N1CCO[C@@H](CO)[C@@H]1c1ccccc1Cl. The summed E-state index contributed by atoms with van der Waals surface area (Å²) in [7, 11) is 0. The third kappa shape index (κ3) is 3.54. The number of morpholine rings is 1. The van der Waals surface area contributed by atoms with E-state index in [9.17, 15) is 9.90 Å². The molecule has 1 amide bonds. The Morgan fingerprint density at radius 2 is 1.93 bits per heavy atom. The lowest BCUT2D eigenvalue weighted by atomic mass is 9.97. The van der Waals surface area contributed by atoms with Gasteiger partial charge in [-0.25, -0.2) is 0 Å². The number of nitrogens with zero attached hydrogens (tertiary/aromatic N) is 2. The van der Waals surface area contributed by atoms with Crippen LogP contribution < -0.4 is 0 Å². The van der Waals surface area contributed by atoms with E-state index in [0.717, 1.165) is 11.1 Å². The zero-order valence-electron chi connectivity index (χ0n) is 15.0. The second-order valence-corrected chi connectivity index (χ2v) is 6.91. The molecule has 2 heterocycles. The summed E-state index contributed by atoms with van der Waals surface area (Å²) in [6, 6.07) is 17.9. The fourth-order valence-electron chi connectivity index (χ4n) is 3.46. The molecule has 7 heteroatoms. The Morgan fingerprint density at radius 1 is 1.18 bits per heavy atom. The monoisotopic (exact) mass is 398 g/mol. The molecule has 4 rings (SSSR count). The highest BCUT2D eigenvalue weighted by Crippen LogP contribution is 2.35. The van der Waals surface area contributed by atoms with E-state index in [4.69, 9.17) is 20.9 Å². The topological polar surface area (TPSA) is 75.8 Å². The van der Waals surface area contributed by atoms with Crippen LogP contribution in [0.25, 0.3) is 11.3 Å². The van der Waals surface area contributed by atoms with E-state index in [-0.39, 0.29) is 18.3 Å². The van der Waals surface area contributed by atoms with E-state index < -0.39 is 12.1 Å². The number of hydrogen-bond donors (Lipinski definition) is 1. The number of rotatable bonds is 4. The maximum absolute atomic E-state index is 13.2. The Labute approximate surface area is 167 Å². The first kappa shape index (κ1) is 18.7. The molecule has 1 fully saturated rings. The third-order valence-electron chi connectivity index (χ3n) is 4.81. The molecule has 0 spiro atoms. The highest BCUT2D eigenvalue weighted by Gasteiger charge is 2.38. The number of hydrogen-bond acceptors (Lipinski definition) is 5. The van der Waals surface area contributed by atoms with Crippen LogP contribution in [-0.2, 0) is 4.74 Å². The summed E-state index contributed by atoms with van der Waals surface area (Å²) in [5, 5.41) is 14.3. The molecule has 0 aliphatic carbocycles. The predicted octanol–water partition coefficient (Wildman–Crippen LogP) is 3.57. The summed E-state index contributed by atoms with van der Waals surface area (Å²) >= 11 is 6.37. The van der Waals surface area contributed by atoms with Crippen molar-refractivity contribution >= 4 is 17.5 Å². The van der Waals surface area contributed by atoms with Crippen LogP contribution in [0.3, 0.4) is 0 Å². The number of carbonyl (C=O) groups is 1. The molecular formula is C21H19ClN2O4. The van der Waals surface area contributed by atoms with Crippen LogP contribution in [0.2, 0.25) is 5.02 Å². The van der Waals surface area contributed by atoms with Crippen LogP contribution >= 0.6 is 11.6 Å². The number of aliphatic hydroxyl groups is 1. The quantitative estimate of drug-likeness (QED) is 0.727. The minimum atomic E-state index is -0.575. The second kappa shape index (κ2) is 8.14. The molecule has 1 aliphatic heterocycles. The molecule has 2 atom stereocenters. The lowest BCUT2D eigenvalue weighted by molar-refractivity contribution is -0.0818. The van der Waals surface area contributed by atoms with Crippen molar-refractivity contribution in [3.63, 3.8) is 0 Å². The summed E-state index contributed by atoms with van der Waals surface area (Å²) < 4.78 is 11.0. The summed E-state index contributed by atoms with van der Waals surface area (Å²) in [6.07, 6.45) is -0.575. The second-order valence-electron chi connectivity index (χ2n) is 6.50. The molecule has 0 bridgehead atoms. The molecule has 1 aliphatic rings. The highest BCUT2D eigenvalue weighted by molar-refractivity contribution is 6.31. The number of aromatic nitrogens is 1. The summed E-state index contributed by atoms with van der Waals surface area (Å²) in [6.45, 7) is 0.440. The first-order chi connectivity index (χ1) is 13.7. The Kier molecular flexibility index (Phi) is 5.43. The molecule has 144 valence electrons. The van der Waals surface area contributed by atoms with Gasteiger partial charge in [-0.2, -0.15) is 0 Å². The molecule has 1 N–H and O–H groups in total. The number of aliphatic hydroxyl groups excluding tert-OH is 1. The van der Waals surface area contributed by atoms with E-state index in [0.29, 0.717) is 23.9 Å². The molecule has 0 unspecified atom stereocenters. The highest BCUT2D eigenvalue weighted by atomic mass is 35.5. The Bertz CT molecular complexity index is 960. The lowest BCUT2D eigenvalue weighted by Crippen LogP contribution is -2.49. The molecule has 28 heavy (non-hydrogen) atoms. The molecule has 0 saturated carbocycles. The van der Waals surface area contributed by atoms with Gasteiger partial charge in [0.15, 0.2) is 0 Å². The molecule has 2 aromatic carbocycles. The molecule has 1 saturated heterocycles. The minimum Gasteiger partial charge on any atom is -0.394 e. The van der Waals surface area contributed by atoms with Crippen molar-refractivity contribution in [3.8, 4) is 11.3 Å². The fraction of sp³-hybridized carbons (Fsp3) is 0.238. The van der Waals surface area contributed by atoms with Crippen LogP contribution in [0.5, 0.6) is 0 Å². The maximum atomic E-state index is 13.2. The van der Waals surface area contributed by atoms with Crippen molar-refractivity contribution in [2.75, 3.05) is 19.8 Å². The largest absolute Gasteiger partial charge is 0.394 e. The van der Waals surface area contributed by atoms with Crippen molar-refractivity contribution < 1.29 is 19.2 Å². The van der Waals surface area contributed by atoms with Gasteiger partial charge in [0.2, 0.25) is 5.76 Å². The van der Waals surface area contributed by atoms with Crippen LogP contribution in [-0.4, -0.2) is 46.9 Å². The minimum absolute atomic E-state index is 0.134.